The van der Waals surface area contributed by atoms with Gasteiger partial charge in [0.2, 0.25) is 5.78 Å². The Bertz CT molecular complexity index is 5920. The largest absolute Gasteiger partial charge is 0.744 e. The minimum atomic E-state index is -6.48. The maximum absolute atomic E-state index is 14.3. The zero-order chi connectivity index (χ0) is 105. The van der Waals surface area contributed by atoms with Crippen molar-refractivity contribution in [2.75, 3.05) is 36.2 Å². The average Bonchev–Trinajstić information content (AvgIpc) is 0.805. The highest BCUT2D eigenvalue weighted by Gasteiger charge is 2.56. The smallest absolute Gasteiger partial charge is 0.470 e. The highest BCUT2D eigenvalue weighted by molar-refractivity contribution is 8.05. The quantitative estimate of drug-likeness (QED) is 0.00529. The van der Waals surface area contributed by atoms with Gasteiger partial charge in [-0.15, -0.1) is 0 Å². The normalized spacial score (nSPS) is 18.5. The standard InChI is InChI=1S/C25H31F3N2O8S2.C25H36F2O6S2.C24H36O3S.C22H33OS.C18H15S/c1-4-17-39(31,32)37-29-19(3)20-7-11-22(12-8-20)35-15-6-16-36-23-13-9-21(10-14-23)24(25(26,27)28)30-38-40(33,34)18-5-2;26-25(27,34(28,29)30)35(31,32)33-24-22(19-12-6-2-7-13-19)16-21(18-10-4-1-5-11-18)17-23(24)20-14-8-3-9-15-20;25-28(26,27)24-22(19-12-6-2-7-13-19)16-21(18-10-4-1-5-11-18)17-23(24)20-14-8-3-9-15-20;1-22(2,3)21(24-15-7-8-16-24)20(23)19-13-11-18(12-14-19)17-9-5-4-6-10-17;1-4-10-16(11-5-1)19(17-12-6-2-7-13-17)18-14-8-3-9-15-18/h7-14H,4-6,15-18H2,1-3H3;16-20H,1-15H2,(H,28,29,30);16-20H,1-15H2,(H,25,26,27);11-14,17,21H,4-10,15-16H2,1-3H3;1-15H/q;;;2*+1/p-2/b29-19+,30-24-;;;;. The molecule has 20 nitrogen and oxygen atoms in total. The van der Waals surface area contributed by atoms with Crippen LogP contribution in [-0.2, 0) is 80.9 Å². The molecule has 0 radical (unpaired) electrons. The van der Waals surface area contributed by atoms with Crippen molar-refractivity contribution in [2.24, 2.45) is 15.7 Å². The number of carbonyl (C=O) groups excluding carboxylic acids is 1. The molecule has 8 aliphatic rings. The number of alkyl halides is 5. The van der Waals surface area contributed by atoms with Gasteiger partial charge in [0.25, 0.3) is 0 Å². The lowest BCUT2D eigenvalue weighted by atomic mass is 9.75. The Morgan fingerprint density at radius 1 is 0.404 bits per heavy atom. The molecule has 8 aromatic carbocycles. The van der Waals surface area contributed by atoms with E-state index in [0.29, 0.717) is 64.4 Å². The second-order valence-electron chi connectivity index (χ2n) is 41.3. The van der Waals surface area contributed by atoms with Crippen LogP contribution in [0.3, 0.4) is 0 Å². The number of ether oxygens (including phenoxy) is 2. The maximum Gasteiger partial charge on any atom is 0.470 e. The van der Waals surface area contributed by atoms with Crippen LogP contribution in [0.1, 0.15) is 400 Å². The van der Waals surface area contributed by atoms with Gasteiger partial charge in [-0.25, -0.2) is 16.8 Å². The van der Waals surface area contributed by atoms with E-state index in [1.54, 1.807) is 45.0 Å². The molecule has 8 aromatic rings. The predicted octanol–water partition coefficient (Wildman–Crippen LogP) is 28.9. The molecule has 1 aliphatic heterocycles. The molecule has 8 fully saturated rings. The SMILES string of the molecule is CC(C)(C)C(C(=O)c1ccc(C2CCCCC2)cc1)[S+]1CCCC1.CCCS(=O)(=O)O/N=C(/c1ccc(OCCCOc2ccc(/C(C)=N/OS(=O)(=O)CCC)cc2)cc1)C(F)(F)F.O=S(=O)([O-])C(F)(F)S(=O)(=O)Oc1c(C2CCCCC2)cc(C2CCCCC2)cc1C1CCCCC1.O=S(=O)([O-])c1c(C2CCCCC2)cc(C2CCCCC2)cc1C1CCCCC1.c1ccc([S+](c2ccccc2)c2ccccc2)cc1. The van der Waals surface area contributed by atoms with Crippen molar-refractivity contribution in [3.05, 3.63) is 244 Å². The fraction of sp³-hybridized carbons (Fsp3) is 0.553. The molecule has 16 rings (SSSR count). The Labute approximate surface area is 871 Å². The first-order valence-electron chi connectivity index (χ1n) is 53.0. The number of carbonyl (C=O) groups is 1. The van der Waals surface area contributed by atoms with Crippen molar-refractivity contribution in [3.8, 4) is 17.2 Å². The number of nitrogens with zero attached hydrogens (tertiary/aromatic N) is 2. The van der Waals surface area contributed by atoms with E-state index >= 15 is 0 Å². The van der Waals surface area contributed by atoms with E-state index in [1.807, 2.05) is 12.1 Å². The van der Waals surface area contributed by atoms with Gasteiger partial charge in [0.1, 0.15) is 38.9 Å². The fourth-order valence-corrected chi connectivity index (χ4v) is 31.4. The molecule has 1 unspecified atom stereocenters. The van der Waals surface area contributed by atoms with Crippen molar-refractivity contribution in [1.82, 2.24) is 0 Å². The highest BCUT2D eigenvalue weighted by atomic mass is 32.3. The minimum Gasteiger partial charge on any atom is -0.744 e. The van der Waals surface area contributed by atoms with E-state index in [9.17, 15) is 77.9 Å². The maximum atomic E-state index is 14.3. The molecular formula is C114H149F5N2O18S7. The van der Waals surface area contributed by atoms with Crippen LogP contribution >= 0.6 is 0 Å². The molecule has 7 saturated carbocycles. The summed E-state index contributed by atoms with van der Waals surface area (Å²) in [5, 5.41) is 6.71. The molecule has 0 bridgehead atoms. The number of hydrogen-bond acceptors (Lipinski definition) is 20. The van der Waals surface area contributed by atoms with Crippen molar-refractivity contribution in [3.63, 3.8) is 0 Å². The van der Waals surface area contributed by atoms with Crippen LogP contribution in [0, 0.1) is 5.41 Å². The number of halogens is 5. The number of hydrogen-bond donors (Lipinski definition) is 0. The summed E-state index contributed by atoms with van der Waals surface area (Å²) in [5.41, 5.74) is 6.98. The lowest BCUT2D eigenvalue weighted by molar-refractivity contribution is -0.0597. The molecule has 7 aliphatic carbocycles. The summed E-state index contributed by atoms with van der Waals surface area (Å²) in [4.78, 5) is 17.5. The van der Waals surface area contributed by atoms with Crippen LogP contribution < -0.4 is 13.7 Å². The minimum absolute atomic E-state index is 0.0146. The predicted molar refractivity (Wildman–Crippen MR) is 571 cm³/mol. The van der Waals surface area contributed by atoms with Gasteiger partial charge in [-0.05, 0) is 304 Å². The fourth-order valence-electron chi connectivity index (χ4n) is 21.9. The number of oxime groups is 2. The Balaban J connectivity index is 0.000000165. The van der Waals surface area contributed by atoms with Crippen LogP contribution in [0.25, 0.3) is 0 Å². The van der Waals surface area contributed by atoms with Crippen molar-refractivity contribution in [2.45, 2.75) is 375 Å². The van der Waals surface area contributed by atoms with Crippen LogP contribution in [0.5, 0.6) is 17.2 Å². The first-order valence-corrected chi connectivity index (χ1v) is 63.2. The highest BCUT2D eigenvalue weighted by Crippen LogP contribution is 2.51. The van der Waals surface area contributed by atoms with Crippen molar-refractivity contribution >= 4 is 89.6 Å². The first kappa shape index (κ1) is 116. The van der Waals surface area contributed by atoms with Crippen molar-refractivity contribution in [1.29, 1.82) is 0 Å². The van der Waals surface area contributed by atoms with E-state index in [4.69, 9.17) is 13.7 Å². The number of benzene rings is 8. The number of ketones is 1. The van der Waals surface area contributed by atoms with Crippen LogP contribution in [0.2, 0.25) is 0 Å². The molecule has 146 heavy (non-hydrogen) atoms. The van der Waals surface area contributed by atoms with E-state index in [-0.39, 0.29) is 97.7 Å². The van der Waals surface area contributed by atoms with Gasteiger partial charge >= 0.3 is 41.1 Å². The summed E-state index contributed by atoms with van der Waals surface area (Å²) in [6.07, 6.45) is 37.4. The third-order valence-electron chi connectivity index (χ3n) is 29.3. The Morgan fingerprint density at radius 2 is 0.726 bits per heavy atom. The molecule has 1 saturated heterocycles. The van der Waals surface area contributed by atoms with Gasteiger partial charge in [0.05, 0.1) is 46.2 Å². The van der Waals surface area contributed by atoms with Gasteiger partial charge in [0, 0.05) is 23.0 Å². The summed E-state index contributed by atoms with van der Waals surface area (Å²) in [6, 6.07) is 60.6. The van der Waals surface area contributed by atoms with Crippen LogP contribution in [0.4, 0.5) is 22.0 Å². The topological polar surface area (TPSA) is 305 Å². The summed E-state index contributed by atoms with van der Waals surface area (Å²) in [5.74, 6) is 4.99. The summed E-state index contributed by atoms with van der Waals surface area (Å²) in [7, 11) is -24.7. The summed E-state index contributed by atoms with van der Waals surface area (Å²) in [6.45, 7) is 12.1. The molecule has 1 heterocycles. The Hall–Kier alpha value is -8.21. The van der Waals surface area contributed by atoms with Gasteiger partial charge in [-0.1, -0.05) is 283 Å². The number of rotatable bonds is 34. The van der Waals surface area contributed by atoms with Crippen LogP contribution in [0.15, 0.2) is 218 Å². The summed E-state index contributed by atoms with van der Waals surface area (Å²) >= 11 is 0. The molecule has 0 amide bonds. The second kappa shape index (κ2) is 55.2. The molecule has 0 N–H and O–H groups in total. The third-order valence-corrected chi connectivity index (χ3v) is 40.9. The molecule has 800 valence electrons. The third kappa shape index (κ3) is 33.9. The molecule has 0 aromatic heterocycles. The van der Waals surface area contributed by atoms with Crippen molar-refractivity contribution < 1.29 is 100 Å². The Kier molecular flexibility index (Phi) is 44.0. The van der Waals surface area contributed by atoms with E-state index < -0.39 is 72.8 Å². The summed E-state index contributed by atoms with van der Waals surface area (Å²) < 4.78 is 231. The zero-order valence-corrected chi connectivity index (χ0v) is 91.2. The monoisotopic (exact) mass is 2150 g/mol. The molecule has 32 heteroatoms. The van der Waals surface area contributed by atoms with E-state index in [1.165, 1.54) is 146 Å². The zero-order valence-electron chi connectivity index (χ0n) is 85.5. The van der Waals surface area contributed by atoms with Gasteiger partial charge < -0.3 is 22.8 Å². The first-order chi connectivity index (χ1) is 69.7. The second-order valence-corrected chi connectivity index (χ2v) is 53.6. The average molecular weight is 2150 g/mol. The van der Waals surface area contributed by atoms with E-state index in [2.05, 4.69) is 167 Å². The van der Waals surface area contributed by atoms with Gasteiger partial charge in [-0.2, -0.15) is 47.2 Å². The lowest BCUT2D eigenvalue weighted by Crippen LogP contribution is -2.42. The lowest BCUT2D eigenvalue weighted by Gasteiger charge is -2.33. The molecule has 1 atom stereocenters. The van der Waals surface area contributed by atoms with Gasteiger partial charge in [0.15, 0.2) is 35.8 Å². The molecular weight excluding hydrogens is 2000 g/mol. The Morgan fingerprint density at radius 3 is 1.06 bits per heavy atom. The van der Waals surface area contributed by atoms with E-state index in [0.717, 1.165) is 182 Å². The van der Waals surface area contributed by atoms with Crippen LogP contribution in [-0.4, -0.2) is 121 Å². The van der Waals surface area contributed by atoms with Gasteiger partial charge in [-0.3, -0.25) is 13.4 Å². The number of Topliss-reactive ketones (excluding diaryl/α,β-unsaturated/α-hetero) is 1. The molecule has 0 spiro atoms.